The summed E-state index contributed by atoms with van der Waals surface area (Å²) in [4.78, 5) is 2.44. The van der Waals surface area contributed by atoms with Crippen molar-refractivity contribution in [3.05, 3.63) is 23.8 Å². The molecule has 25 heavy (non-hydrogen) atoms. The Labute approximate surface area is 156 Å². The number of likely N-dealkylation sites (tertiary alicyclic amines) is 1. The number of hydrogen-bond acceptors (Lipinski definition) is 4. The third-order valence-corrected chi connectivity index (χ3v) is 5.49. The summed E-state index contributed by atoms with van der Waals surface area (Å²) in [6, 6.07) is 5.41. The molecular weight excluding hydrogens is 343 g/mol. The molecule has 0 aromatic heterocycles. The lowest BCUT2D eigenvalue weighted by molar-refractivity contribution is 0.0461. The van der Waals surface area contributed by atoms with Crippen molar-refractivity contribution in [2.45, 2.75) is 31.4 Å². The fraction of sp³-hybridized carbons (Fsp3) is 0.684. The number of alkyl halides is 1. The van der Waals surface area contributed by atoms with E-state index in [9.17, 15) is 0 Å². The highest BCUT2D eigenvalue weighted by Crippen LogP contribution is 2.40. The third-order valence-electron chi connectivity index (χ3n) is 5.49. The quantitative estimate of drug-likeness (QED) is 0.859. The molecular formula is C19H30ClFN2O2. The van der Waals surface area contributed by atoms with Gasteiger partial charge in [0.25, 0.3) is 0 Å². The second-order valence-electron chi connectivity index (χ2n) is 7.06. The first-order valence-electron chi connectivity index (χ1n) is 8.98. The van der Waals surface area contributed by atoms with Crippen molar-refractivity contribution in [3.63, 3.8) is 0 Å². The van der Waals surface area contributed by atoms with Gasteiger partial charge in [-0.2, -0.15) is 0 Å². The molecule has 2 saturated heterocycles. The predicted molar refractivity (Wildman–Crippen MR) is 101 cm³/mol. The van der Waals surface area contributed by atoms with Gasteiger partial charge in [0, 0.05) is 25.7 Å². The molecule has 0 saturated carbocycles. The number of halogens is 2. The molecule has 2 heterocycles. The molecule has 0 aliphatic carbocycles. The Morgan fingerprint density at radius 1 is 1.08 bits per heavy atom. The highest BCUT2D eigenvalue weighted by atomic mass is 35.5. The monoisotopic (exact) mass is 372 g/mol. The lowest BCUT2D eigenvalue weighted by Gasteiger charge is -2.39. The molecule has 6 heteroatoms. The second kappa shape index (κ2) is 9.06. The van der Waals surface area contributed by atoms with Gasteiger partial charge in [0.05, 0.1) is 14.2 Å². The number of ether oxygens (including phenoxy) is 2. The molecule has 1 N–H and O–H groups in total. The van der Waals surface area contributed by atoms with E-state index in [0.717, 1.165) is 38.6 Å². The Morgan fingerprint density at radius 3 is 2.16 bits per heavy atom. The van der Waals surface area contributed by atoms with Gasteiger partial charge < -0.3 is 19.7 Å². The molecule has 0 atom stereocenters. The first-order valence-corrected chi connectivity index (χ1v) is 8.98. The third kappa shape index (κ3) is 4.99. The van der Waals surface area contributed by atoms with Gasteiger partial charge in [0.1, 0.15) is 17.2 Å². The van der Waals surface area contributed by atoms with Gasteiger partial charge in [-0.25, -0.2) is 4.39 Å². The number of benzene rings is 1. The van der Waals surface area contributed by atoms with Crippen LogP contribution in [0.1, 0.15) is 31.2 Å². The van der Waals surface area contributed by atoms with Gasteiger partial charge in [-0.3, -0.25) is 0 Å². The van der Waals surface area contributed by atoms with Crippen LogP contribution < -0.4 is 14.8 Å². The summed E-state index contributed by atoms with van der Waals surface area (Å²) in [7, 11) is 3.20. The molecule has 3 rings (SSSR count). The summed E-state index contributed by atoms with van der Waals surface area (Å²) in [5.74, 6) is 2.06. The number of hydrogen-bond donors (Lipinski definition) is 1. The molecule has 0 bridgehead atoms. The van der Waals surface area contributed by atoms with E-state index in [0.29, 0.717) is 29.9 Å². The standard InChI is InChI=1S/C19H29FN2O2.ClH/c1-23-17-11-16(12-18(13-17)24-2)19(20)5-9-22(10-6-19)14-15-3-7-21-8-4-15;/h11-13,15,21H,3-10,14H2,1-2H3;1H. The van der Waals surface area contributed by atoms with Gasteiger partial charge in [-0.15, -0.1) is 12.4 Å². The van der Waals surface area contributed by atoms with Crippen LogP contribution in [-0.2, 0) is 5.67 Å². The van der Waals surface area contributed by atoms with Crippen molar-refractivity contribution in [1.29, 1.82) is 0 Å². The average Bonchev–Trinajstić information content (AvgIpc) is 2.64. The van der Waals surface area contributed by atoms with E-state index in [-0.39, 0.29) is 12.4 Å². The summed E-state index contributed by atoms with van der Waals surface area (Å²) >= 11 is 0. The van der Waals surface area contributed by atoms with Crippen LogP contribution in [0.3, 0.4) is 0 Å². The largest absolute Gasteiger partial charge is 0.497 e. The minimum absolute atomic E-state index is 0. The zero-order valence-corrected chi connectivity index (χ0v) is 16.0. The number of methoxy groups -OCH3 is 2. The normalized spacial score (nSPS) is 21.4. The van der Waals surface area contributed by atoms with Crippen LogP contribution >= 0.6 is 12.4 Å². The van der Waals surface area contributed by atoms with Crippen molar-refractivity contribution in [3.8, 4) is 11.5 Å². The van der Waals surface area contributed by atoms with E-state index in [1.807, 2.05) is 12.1 Å². The lowest BCUT2D eigenvalue weighted by atomic mass is 9.85. The maximum Gasteiger partial charge on any atom is 0.138 e. The van der Waals surface area contributed by atoms with Crippen LogP contribution in [0, 0.1) is 5.92 Å². The molecule has 0 spiro atoms. The number of piperidine rings is 2. The first kappa shape index (κ1) is 20.3. The summed E-state index contributed by atoms with van der Waals surface area (Å²) in [5.41, 5.74) is -0.605. The van der Waals surface area contributed by atoms with E-state index in [1.165, 1.54) is 12.8 Å². The summed E-state index contributed by atoms with van der Waals surface area (Å²) in [6.45, 7) is 4.99. The Morgan fingerprint density at radius 2 is 1.64 bits per heavy atom. The maximum absolute atomic E-state index is 15.5. The van der Waals surface area contributed by atoms with Gasteiger partial charge in [0.2, 0.25) is 0 Å². The van der Waals surface area contributed by atoms with Crippen LogP contribution in [0.4, 0.5) is 4.39 Å². The maximum atomic E-state index is 15.5. The Kier molecular flexibility index (Phi) is 7.35. The fourth-order valence-corrected chi connectivity index (χ4v) is 3.87. The topological polar surface area (TPSA) is 33.7 Å². The van der Waals surface area contributed by atoms with Gasteiger partial charge in [0.15, 0.2) is 0 Å². The summed E-state index contributed by atoms with van der Waals surface area (Å²) < 4.78 is 26.1. The minimum Gasteiger partial charge on any atom is -0.497 e. The number of nitrogens with one attached hydrogen (secondary N) is 1. The molecule has 2 aliphatic rings. The van der Waals surface area contributed by atoms with Gasteiger partial charge in [-0.1, -0.05) is 0 Å². The van der Waals surface area contributed by atoms with Crippen molar-refractivity contribution in [2.75, 3.05) is 46.9 Å². The zero-order valence-electron chi connectivity index (χ0n) is 15.2. The van der Waals surface area contributed by atoms with Crippen molar-refractivity contribution < 1.29 is 13.9 Å². The van der Waals surface area contributed by atoms with Crippen molar-refractivity contribution in [1.82, 2.24) is 10.2 Å². The SMILES string of the molecule is COc1cc(OC)cc(C2(F)CCN(CC3CCNCC3)CC2)c1.Cl. The van der Waals surface area contributed by atoms with Gasteiger partial charge in [-0.05, 0) is 62.4 Å². The summed E-state index contributed by atoms with van der Waals surface area (Å²) in [5, 5.41) is 3.41. The molecule has 2 aliphatic heterocycles. The Bertz CT molecular complexity index is 522. The lowest BCUT2D eigenvalue weighted by Crippen LogP contribution is -2.43. The average molecular weight is 373 g/mol. The van der Waals surface area contributed by atoms with E-state index in [2.05, 4.69) is 10.2 Å². The Balaban J connectivity index is 0.00000225. The Hall–Kier alpha value is -1.04. The van der Waals surface area contributed by atoms with E-state index >= 15 is 4.39 Å². The molecule has 0 unspecified atom stereocenters. The van der Waals surface area contributed by atoms with Crippen molar-refractivity contribution >= 4 is 12.4 Å². The van der Waals surface area contributed by atoms with E-state index in [4.69, 9.17) is 9.47 Å². The molecule has 1 aromatic carbocycles. The second-order valence-corrected chi connectivity index (χ2v) is 7.06. The molecule has 4 nitrogen and oxygen atoms in total. The van der Waals surface area contributed by atoms with Gasteiger partial charge >= 0.3 is 0 Å². The van der Waals surface area contributed by atoms with Crippen LogP contribution in [0.25, 0.3) is 0 Å². The minimum atomic E-state index is -1.29. The highest BCUT2D eigenvalue weighted by molar-refractivity contribution is 5.85. The molecule has 0 radical (unpaired) electrons. The zero-order chi connectivity index (χ0) is 17.0. The van der Waals surface area contributed by atoms with Crippen molar-refractivity contribution in [2.24, 2.45) is 5.92 Å². The summed E-state index contributed by atoms with van der Waals surface area (Å²) in [6.07, 6.45) is 3.55. The first-order chi connectivity index (χ1) is 11.6. The molecule has 1 aromatic rings. The number of rotatable bonds is 5. The molecule has 2 fully saturated rings. The van der Waals surface area contributed by atoms with Crippen LogP contribution in [0.15, 0.2) is 18.2 Å². The van der Waals surface area contributed by atoms with Crippen LogP contribution in [0.2, 0.25) is 0 Å². The smallest absolute Gasteiger partial charge is 0.138 e. The molecule has 0 amide bonds. The van der Waals surface area contributed by atoms with Crippen LogP contribution in [0.5, 0.6) is 11.5 Å². The van der Waals surface area contributed by atoms with E-state index < -0.39 is 5.67 Å². The molecule has 142 valence electrons. The van der Waals surface area contributed by atoms with Crippen LogP contribution in [-0.4, -0.2) is 51.8 Å². The van der Waals surface area contributed by atoms with E-state index in [1.54, 1.807) is 20.3 Å². The number of nitrogens with zero attached hydrogens (tertiary/aromatic N) is 1. The predicted octanol–water partition coefficient (Wildman–Crippen LogP) is 3.39. The fourth-order valence-electron chi connectivity index (χ4n) is 3.87. The highest BCUT2D eigenvalue weighted by Gasteiger charge is 2.37.